The zero-order valence-electron chi connectivity index (χ0n) is 45.0. The Balaban J connectivity index is 0.899. The largest absolute Gasteiger partial charge is 0.310 e. The first-order valence-electron chi connectivity index (χ1n) is 28.1. The highest BCUT2D eigenvalue weighted by atomic mass is 15.2. The van der Waals surface area contributed by atoms with E-state index in [2.05, 4.69) is 347 Å². The fourth-order valence-corrected chi connectivity index (χ4v) is 12.3. The molecule has 82 heavy (non-hydrogen) atoms. The Morgan fingerprint density at radius 3 is 0.451 bits per heavy atom. The molecule has 0 aliphatic carbocycles. The van der Waals surface area contributed by atoms with E-state index >= 15 is 0 Å². The SMILES string of the molecule is c1ccc2c(N(c3ccc(N(c4ccc(N(c5cccc6ccccc56)c5cccc6ccccc56)cc4)c4ccc(N(c5cccc6ccccc56)c5cccc6ccccc56)cc4)cc3)c3cccc4ccccc34)cccc2c1. The standard InChI is InChI=1S/C78H54N4/c1-7-31-67-55(19-1)25-13-37-73(67)80(74-38-14-26-56-20-2-8-32-68(56)74)64-49-43-61(44-50-64)79(62-45-51-65(52-46-62)81(75-39-15-27-57-21-3-9-33-69(57)75)76-40-16-28-58-22-4-10-34-70(58)76)63-47-53-66(54-48-63)82(77-41-17-29-59-23-5-11-35-71(59)77)78-42-18-30-60-24-6-12-36-72(60)78/h1-54H. The first kappa shape index (κ1) is 48.2. The molecule has 0 radical (unpaired) electrons. The summed E-state index contributed by atoms with van der Waals surface area (Å²) in [5, 5.41) is 14.3. The summed E-state index contributed by atoms with van der Waals surface area (Å²) in [5.41, 5.74) is 13.0. The lowest BCUT2D eigenvalue weighted by molar-refractivity contribution is 1.25. The monoisotopic (exact) mass is 1050 g/mol. The second-order valence-corrected chi connectivity index (χ2v) is 20.9. The maximum absolute atomic E-state index is 2.42. The molecule has 0 spiro atoms. The van der Waals surface area contributed by atoms with Crippen LogP contribution in [0.4, 0.5) is 68.2 Å². The van der Waals surface area contributed by atoms with Gasteiger partial charge in [-0.3, -0.25) is 0 Å². The zero-order valence-corrected chi connectivity index (χ0v) is 45.0. The maximum Gasteiger partial charge on any atom is 0.0540 e. The third kappa shape index (κ3) is 8.58. The van der Waals surface area contributed by atoms with Crippen molar-refractivity contribution in [3.05, 3.63) is 328 Å². The van der Waals surface area contributed by atoms with Crippen LogP contribution in [-0.4, -0.2) is 0 Å². The molecule has 0 saturated heterocycles. The van der Waals surface area contributed by atoms with Crippen LogP contribution in [0.2, 0.25) is 0 Å². The van der Waals surface area contributed by atoms with Crippen LogP contribution in [0.5, 0.6) is 0 Å². The molecular weight excluding hydrogens is 993 g/mol. The number of benzene rings is 15. The van der Waals surface area contributed by atoms with Gasteiger partial charge in [-0.25, -0.2) is 0 Å². The minimum absolute atomic E-state index is 1.03. The van der Waals surface area contributed by atoms with Crippen molar-refractivity contribution < 1.29 is 0 Å². The van der Waals surface area contributed by atoms with Gasteiger partial charge in [0.05, 0.1) is 34.1 Å². The lowest BCUT2D eigenvalue weighted by atomic mass is 10.0. The van der Waals surface area contributed by atoms with Gasteiger partial charge in [0.1, 0.15) is 0 Å². The molecule has 15 rings (SSSR count). The second kappa shape index (κ2) is 20.7. The van der Waals surface area contributed by atoms with Crippen molar-refractivity contribution in [2.75, 3.05) is 19.6 Å². The first-order valence-corrected chi connectivity index (χ1v) is 28.1. The maximum atomic E-state index is 2.42. The molecule has 4 nitrogen and oxygen atoms in total. The Morgan fingerprint density at radius 1 is 0.122 bits per heavy atom. The van der Waals surface area contributed by atoms with Crippen molar-refractivity contribution in [1.82, 2.24) is 0 Å². The number of fused-ring (bicyclic) bond motifs is 6. The van der Waals surface area contributed by atoms with Crippen LogP contribution < -0.4 is 19.6 Å². The molecule has 0 fully saturated rings. The van der Waals surface area contributed by atoms with E-state index in [1.807, 2.05) is 0 Å². The smallest absolute Gasteiger partial charge is 0.0540 e. The number of hydrogen-bond acceptors (Lipinski definition) is 4. The first-order chi connectivity index (χ1) is 40.7. The van der Waals surface area contributed by atoms with Crippen LogP contribution in [0.25, 0.3) is 64.6 Å². The van der Waals surface area contributed by atoms with Crippen LogP contribution in [-0.2, 0) is 0 Å². The second-order valence-electron chi connectivity index (χ2n) is 20.9. The van der Waals surface area contributed by atoms with E-state index in [1.54, 1.807) is 0 Å². The lowest BCUT2D eigenvalue weighted by Gasteiger charge is -2.31. The lowest BCUT2D eigenvalue weighted by Crippen LogP contribution is -2.14. The highest BCUT2D eigenvalue weighted by Gasteiger charge is 2.23. The Bertz CT molecular complexity index is 4080. The highest BCUT2D eigenvalue weighted by Crippen LogP contribution is 2.48. The molecule has 0 heterocycles. The van der Waals surface area contributed by atoms with Gasteiger partial charge in [-0.2, -0.15) is 0 Å². The normalized spacial score (nSPS) is 11.4. The van der Waals surface area contributed by atoms with Gasteiger partial charge in [-0.05, 0) is 142 Å². The topological polar surface area (TPSA) is 13.0 Å². The minimum Gasteiger partial charge on any atom is -0.310 e. The van der Waals surface area contributed by atoms with E-state index in [0.29, 0.717) is 0 Å². The van der Waals surface area contributed by atoms with Crippen LogP contribution >= 0.6 is 0 Å². The molecule has 386 valence electrons. The predicted molar refractivity (Wildman–Crippen MR) is 350 cm³/mol. The number of hydrogen-bond donors (Lipinski definition) is 0. The summed E-state index contributed by atoms with van der Waals surface area (Å²) in [6.07, 6.45) is 0. The molecule has 0 aliphatic heterocycles. The third-order valence-electron chi connectivity index (χ3n) is 16.1. The van der Waals surface area contributed by atoms with Gasteiger partial charge in [0.25, 0.3) is 0 Å². The van der Waals surface area contributed by atoms with Crippen molar-refractivity contribution in [2.24, 2.45) is 0 Å². The molecule has 0 N–H and O–H groups in total. The van der Waals surface area contributed by atoms with Gasteiger partial charge in [0, 0.05) is 66.4 Å². The van der Waals surface area contributed by atoms with E-state index in [0.717, 1.165) is 68.2 Å². The van der Waals surface area contributed by atoms with E-state index < -0.39 is 0 Å². The summed E-state index contributed by atoms with van der Waals surface area (Å²) in [6.45, 7) is 0. The van der Waals surface area contributed by atoms with Crippen molar-refractivity contribution >= 4 is 133 Å². The molecule has 0 bridgehead atoms. The Hall–Kier alpha value is -10.9. The summed E-state index contributed by atoms with van der Waals surface area (Å²) in [7, 11) is 0. The Morgan fingerprint density at radius 2 is 0.268 bits per heavy atom. The summed E-state index contributed by atoms with van der Waals surface area (Å²) < 4.78 is 0. The summed E-state index contributed by atoms with van der Waals surface area (Å²) in [5.74, 6) is 0. The van der Waals surface area contributed by atoms with Crippen molar-refractivity contribution in [2.45, 2.75) is 0 Å². The van der Waals surface area contributed by atoms with Crippen LogP contribution in [0, 0.1) is 0 Å². The molecule has 0 atom stereocenters. The summed E-state index contributed by atoms with van der Waals surface area (Å²) in [6, 6.07) is 119. The van der Waals surface area contributed by atoms with Gasteiger partial charge < -0.3 is 19.6 Å². The van der Waals surface area contributed by atoms with E-state index in [4.69, 9.17) is 0 Å². The molecule has 0 aromatic heterocycles. The minimum atomic E-state index is 1.03. The van der Waals surface area contributed by atoms with Crippen LogP contribution in [0.15, 0.2) is 328 Å². The molecule has 0 aliphatic rings. The van der Waals surface area contributed by atoms with Gasteiger partial charge in [0.15, 0.2) is 0 Å². The number of rotatable bonds is 12. The van der Waals surface area contributed by atoms with E-state index in [-0.39, 0.29) is 0 Å². The average molecular weight is 1050 g/mol. The molecule has 15 aromatic rings. The van der Waals surface area contributed by atoms with E-state index in [1.165, 1.54) is 64.6 Å². The van der Waals surface area contributed by atoms with Crippen LogP contribution in [0.3, 0.4) is 0 Å². The number of anilines is 12. The molecule has 0 unspecified atom stereocenters. The van der Waals surface area contributed by atoms with Gasteiger partial charge in [0.2, 0.25) is 0 Å². The highest BCUT2D eigenvalue weighted by molar-refractivity contribution is 6.08. The average Bonchev–Trinajstić information content (AvgIpc) is 3.72. The molecule has 0 saturated carbocycles. The Labute approximate surface area is 477 Å². The quantitative estimate of drug-likeness (QED) is 0.121. The zero-order chi connectivity index (χ0) is 54.3. The fraction of sp³-hybridized carbons (Fsp3) is 0. The van der Waals surface area contributed by atoms with Crippen molar-refractivity contribution in [1.29, 1.82) is 0 Å². The Kier molecular flexibility index (Phi) is 12.2. The van der Waals surface area contributed by atoms with Gasteiger partial charge >= 0.3 is 0 Å². The molecular formula is C78H54N4. The number of nitrogens with zero attached hydrogens (tertiary/aromatic N) is 4. The predicted octanol–water partition coefficient (Wildman–Crippen LogP) is 22.5. The molecule has 4 heteroatoms. The molecule has 0 amide bonds. The van der Waals surface area contributed by atoms with Gasteiger partial charge in [-0.1, -0.05) is 218 Å². The summed E-state index contributed by atoms with van der Waals surface area (Å²) >= 11 is 0. The summed E-state index contributed by atoms with van der Waals surface area (Å²) in [4.78, 5) is 9.66. The third-order valence-corrected chi connectivity index (χ3v) is 16.1. The fourth-order valence-electron chi connectivity index (χ4n) is 12.3. The van der Waals surface area contributed by atoms with Crippen LogP contribution in [0.1, 0.15) is 0 Å². The van der Waals surface area contributed by atoms with Crippen molar-refractivity contribution in [3.63, 3.8) is 0 Å². The van der Waals surface area contributed by atoms with Crippen molar-refractivity contribution in [3.8, 4) is 0 Å². The van der Waals surface area contributed by atoms with E-state index in [9.17, 15) is 0 Å². The van der Waals surface area contributed by atoms with Gasteiger partial charge in [-0.15, -0.1) is 0 Å². The molecule has 15 aromatic carbocycles.